The van der Waals surface area contributed by atoms with E-state index in [1.807, 2.05) is 0 Å². The van der Waals surface area contributed by atoms with E-state index in [9.17, 15) is 4.39 Å². The number of hydrogen-bond acceptors (Lipinski definition) is 3. The summed E-state index contributed by atoms with van der Waals surface area (Å²) in [5.74, 6) is -0.207. The normalized spacial score (nSPS) is 22.7. The molecule has 1 fully saturated rings. The average Bonchev–Trinajstić information content (AvgIpc) is 2.97. The average molecular weight is 293 g/mol. The van der Waals surface area contributed by atoms with E-state index in [1.165, 1.54) is 18.6 Å². The number of likely N-dealkylation sites (tertiary alicyclic amines) is 1. The molecule has 4 heteroatoms. The van der Waals surface area contributed by atoms with E-state index in [-0.39, 0.29) is 17.9 Å². The Kier molecular flexibility index (Phi) is 5.73. The summed E-state index contributed by atoms with van der Waals surface area (Å²) >= 11 is 0. The summed E-state index contributed by atoms with van der Waals surface area (Å²) in [6.45, 7) is 11.0. The first-order chi connectivity index (χ1) is 10.1. The zero-order valence-corrected chi connectivity index (χ0v) is 13.4. The molecular weight excluding hydrogens is 265 g/mol. The van der Waals surface area contributed by atoms with Crippen molar-refractivity contribution in [2.24, 2.45) is 5.73 Å². The predicted octanol–water partition coefficient (Wildman–Crippen LogP) is 2.63. The van der Waals surface area contributed by atoms with Crippen LogP contribution in [0.2, 0.25) is 0 Å². The molecule has 1 heterocycles. The summed E-state index contributed by atoms with van der Waals surface area (Å²) in [6.07, 6.45) is 1.21. The highest BCUT2D eigenvalue weighted by atomic mass is 19.1. The lowest BCUT2D eigenvalue weighted by Gasteiger charge is -2.31. The van der Waals surface area contributed by atoms with Crippen molar-refractivity contribution in [3.05, 3.63) is 35.6 Å². The van der Waals surface area contributed by atoms with E-state index < -0.39 is 0 Å². The van der Waals surface area contributed by atoms with Crippen LogP contribution in [0.15, 0.2) is 24.3 Å². The molecule has 1 aromatic carbocycles. The molecule has 1 aliphatic heterocycles. The SMILES string of the molecule is CCN(CC)C1CCN(C(C)C(N)c2ccc(F)cc2)C1. The molecule has 0 amide bonds. The van der Waals surface area contributed by atoms with Gasteiger partial charge in [0.05, 0.1) is 0 Å². The maximum atomic E-state index is 13.0. The number of benzene rings is 1. The lowest BCUT2D eigenvalue weighted by molar-refractivity contribution is 0.181. The maximum absolute atomic E-state index is 13.0. The highest BCUT2D eigenvalue weighted by Gasteiger charge is 2.31. The Balaban J connectivity index is 1.97. The lowest BCUT2D eigenvalue weighted by Crippen LogP contribution is -2.42. The van der Waals surface area contributed by atoms with Crippen molar-refractivity contribution in [2.45, 2.75) is 45.3 Å². The molecule has 1 saturated heterocycles. The quantitative estimate of drug-likeness (QED) is 0.875. The van der Waals surface area contributed by atoms with Crippen LogP contribution < -0.4 is 5.73 Å². The molecule has 21 heavy (non-hydrogen) atoms. The van der Waals surface area contributed by atoms with Crippen molar-refractivity contribution >= 4 is 0 Å². The van der Waals surface area contributed by atoms with Gasteiger partial charge in [-0.25, -0.2) is 4.39 Å². The van der Waals surface area contributed by atoms with Gasteiger partial charge in [-0.05, 0) is 44.1 Å². The number of nitrogens with zero attached hydrogens (tertiary/aromatic N) is 2. The third kappa shape index (κ3) is 3.82. The fourth-order valence-corrected chi connectivity index (χ4v) is 3.37. The van der Waals surface area contributed by atoms with Gasteiger partial charge in [0.25, 0.3) is 0 Å². The van der Waals surface area contributed by atoms with E-state index in [2.05, 4.69) is 30.6 Å². The van der Waals surface area contributed by atoms with Crippen LogP contribution >= 0.6 is 0 Å². The largest absolute Gasteiger partial charge is 0.323 e. The van der Waals surface area contributed by atoms with E-state index in [0.717, 1.165) is 31.7 Å². The van der Waals surface area contributed by atoms with Crippen LogP contribution in [-0.4, -0.2) is 48.1 Å². The summed E-state index contributed by atoms with van der Waals surface area (Å²) in [7, 11) is 0. The van der Waals surface area contributed by atoms with E-state index in [1.54, 1.807) is 12.1 Å². The Morgan fingerprint density at radius 2 is 1.90 bits per heavy atom. The van der Waals surface area contributed by atoms with Gasteiger partial charge in [-0.1, -0.05) is 26.0 Å². The first-order valence-electron chi connectivity index (χ1n) is 8.06. The maximum Gasteiger partial charge on any atom is 0.123 e. The molecular formula is C17H28FN3. The summed E-state index contributed by atoms with van der Waals surface area (Å²) in [6, 6.07) is 7.43. The molecule has 2 N–H and O–H groups in total. The number of rotatable bonds is 6. The summed E-state index contributed by atoms with van der Waals surface area (Å²) in [4.78, 5) is 4.99. The Bertz CT molecular complexity index is 430. The van der Waals surface area contributed by atoms with Crippen molar-refractivity contribution in [1.29, 1.82) is 0 Å². The van der Waals surface area contributed by atoms with Crippen molar-refractivity contribution in [3.63, 3.8) is 0 Å². The molecule has 3 nitrogen and oxygen atoms in total. The lowest BCUT2D eigenvalue weighted by atomic mass is 10.0. The first-order valence-corrected chi connectivity index (χ1v) is 8.06. The highest BCUT2D eigenvalue weighted by Crippen LogP contribution is 2.24. The third-order valence-corrected chi connectivity index (χ3v) is 4.87. The molecule has 1 aliphatic rings. The van der Waals surface area contributed by atoms with Crippen molar-refractivity contribution in [1.82, 2.24) is 9.80 Å². The van der Waals surface area contributed by atoms with Gasteiger partial charge in [0, 0.05) is 31.2 Å². The monoisotopic (exact) mass is 293 g/mol. The van der Waals surface area contributed by atoms with Gasteiger partial charge in [0.2, 0.25) is 0 Å². The van der Waals surface area contributed by atoms with Crippen LogP contribution in [0.1, 0.15) is 38.8 Å². The zero-order chi connectivity index (χ0) is 15.4. The van der Waals surface area contributed by atoms with Gasteiger partial charge in [-0.15, -0.1) is 0 Å². The second kappa shape index (κ2) is 7.34. The molecule has 118 valence electrons. The van der Waals surface area contributed by atoms with Crippen LogP contribution in [0, 0.1) is 5.82 Å². The second-order valence-electron chi connectivity index (χ2n) is 5.98. The van der Waals surface area contributed by atoms with Gasteiger partial charge in [-0.2, -0.15) is 0 Å². The zero-order valence-electron chi connectivity index (χ0n) is 13.4. The standard InChI is InChI=1S/C17H28FN3/c1-4-20(5-2)16-10-11-21(12-16)13(3)17(19)14-6-8-15(18)9-7-14/h6-9,13,16-17H,4-5,10-12,19H2,1-3H3. The van der Waals surface area contributed by atoms with Crippen molar-refractivity contribution < 1.29 is 4.39 Å². The molecule has 2 rings (SSSR count). The molecule has 0 aromatic heterocycles. The minimum absolute atomic E-state index is 0.0685. The third-order valence-electron chi connectivity index (χ3n) is 4.87. The van der Waals surface area contributed by atoms with Crippen LogP contribution in [0.3, 0.4) is 0 Å². The van der Waals surface area contributed by atoms with E-state index in [0.29, 0.717) is 6.04 Å². The van der Waals surface area contributed by atoms with Gasteiger partial charge in [0.15, 0.2) is 0 Å². The summed E-state index contributed by atoms with van der Waals surface area (Å²) < 4.78 is 13.0. The van der Waals surface area contributed by atoms with Crippen LogP contribution in [0.25, 0.3) is 0 Å². The van der Waals surface area contributed by atoms with E-state index >= 15 is 0 Å². The van der Waals surface area contributed by atoms with Crippen molar-refractivity contribution in [2.75, 3.05) is 26.2 Å². The Labute approximate surface area is 127 Å². The number of hydrogen-bond donors (Lipinski definition) is 1. The molecule has 3 atom stereocenters. The van der Waals surface area contributed by atoms with Crippen molar-refractivity contribution in [3.8, 4) is 0 Å². The number of nitrogens with two attached hydrogens (primary N) is 1. The van der Waals surface area contributed by atoms with Gasteiger partial charge in [-0.3, -0.25) is 9.80 Å². The Hall–Kier alpha value is -0.970. The number of halogens is 1. The molecule has 0 saturated carbocycles. The predicted molar refractivity (Wildman–Crippen MR) is 85.7 cm³/mol. The molecule has 0 aliphatic carbocycles. The highest BCUT2D eigenvalue weighted by molar-refractivity contribution is 5.21. The molecule has 0 radical (unpaired) electrons. The van der Waals surface area contributed by atoms with Crippen LogP contribution in [0.4, 0.5) is 4.39 Å². The van der Waals surface area contributed by atoms with Crippen LogP contribution in [-0.2, 0) is 0 Å². The smallest absolute Gasteiger partial charge is 0.123 e. The first kappa shape index (κ1) is 16.4. The second-order valence-corrected chi connectivity index (χ2v) is 5.98. The fourth-order valence-electron chi connectivity index (χ4n) is 3.37. The summed E-state index contributed by atoms with van der Waals surface area (Å²) in [5, 5.41) is 0. The molecule has 1 aromatic rings. The minimum Gasteiger partial charge on any atom is -0.323 e. The number of likely N-dealkylation sites (N-methyl/N-ethyl adjacent to an activating group) is 1. The molecule has 0 spiro atoms. The Morgan fingerprint density at radius 3 is 2.48 bits per heavy atom. The van der Waals surface area contributed by atoms with Gasteiger partial charge >= 0.3 is 0 Å². The van der Waals surface area contributed by atoms with Crippen LogP contribution in [0.5, 0.6) is 0 Å². The molecule has 3 unspecified atom stereocenters. The molecule has 0 bridgehead atoms. The topological polar surface area (TPSA) is 32.5 Å². The van der Waals surface area contributed by atoms with Gasteiger partial charge < -0.3 is 5.73 Å². The van der Waals surface area contributed by atoms with Gasteiger partial charge in [0.1, 0.15) is 5.82 Å². The summed E-state index contributed by atoms with van der Waals surface area (Å²) in [5.41, 5.74) is 7.39. The van der Waals surface area contributed by atoms with E-state index in [4.69, 9.17) is 5.73 Å². The Morgan fingerprint density at radius 1 is 1.29 bits per heavy atom. The fraction of sp³-hybridized carbons (Fsp3) is 0.647. The minimum atomic E-state index is -0.207.